The van der Waals surface area contributed by atoms with Gasteiger partial charge in [-0.2, -0.15) is 0 Å². The third kappa shape index (κ3) is 8.55. The molecule has 24 heavy (non-hydrogen) atoms. The van der Waals surface area contributed by atoms with Gasteiger partial charge < -0.3 is 29.2 Å². The first-order valence-electron chi connectivity index (χ1n) is 8.93. The molecule has 4 unspecified atom stereocenters. The zero-order valence-electron chi connectivity index (χ0n) is 16.0. The lowest BCUT2D eigenvalue weighted by Gasteiger charge is -2.27. The van der Waals surface area contributed by atoms with Crippen LogP contribution in [0.25, 0.3) is 0 Å². The Hall–Kier alpha value is -0.500. The predicted octanol–water partition coefficient (Wildman–Crippen LogP) is 2.33. The van der Waals surface area contributed by atoms with Crippen LogP contribution >= 0.6 is 0 Å². The first-order valence-corrected chi connectivity index (χ1v) is 8.93. The summed E-state index contributed by atoms with van der Waals surface area (Å²) in [6.45, 7) is 13.3. The van der Waals surface area contributed by atoms with Crippen LogP contribution in [0.2, 0.25) is 0 Å². The molecule has 144 valence electrons. The number of hydrogen-bond donors (Lipinski definition) is 2. The maximum Gasteiger partial charge on any atom is 0.162 e. The lowest BCUT2D eigenvalue weighted by Crippen LogP contribution is -2.35. The molecule has 0 aromatic heterocycles. The van der Waals surface area contributed by atoms with Crippen LogP contribution in [-0.4, -0.2) is 61.4 Å². The van der Waals surface area contributed by atoms with Crippen LogP contribution in [-0.2, 0) is 18.9 Å². The van der Waals surface area contributed by atoms with Gasteiger partial charge in [-0.3, -0.25) is 0 Å². The summed E-state index contributed by atoms with van der Waals surface area (Å²) >= 11 is 0. The quantitative estimate of drug-likeness (QED) is 0.371. The molecule has 2 N–H and O–H groups in total. The summed E-state index contributed by atoms with van der Waals surface area (Å²) in [5.41, 5.74) is 0. The van der Waals surface area contributed by atoms with E-state index in [4.69, 9.17) is 18.9 Å². The highest BCUT2D eigenvalue weighted by Gasteiger charge is 2.26. The standard InChI is InChI=1S/C18H36O6/c1-7-21-17(22-8-2)13(5)15(19)11-12-16(20)14(6)18(23-9-3)24-10-4/h11-20H,7-10H2,1-6H3/b12-11-. The molecule has 0 aliphatic rings. The molecule has 0 saturated heterocycles. The minimum atomic E-state index is -0.785. The number of hydrogen-bond acceptors (Lipinski definition) is 6. The molecule has 0 saturated carbocycles. The molecule has 0 rings (SSSR count). The van der Waals surface area contributed by atoms with Crippen molar-refractivity contribution in [1.29, 1.82) is 0 Å². The molecule has 0 aromatic carbocycles. The fraction of sp³-hybridized carbons (Fsp3) is 0.889. The molecule has 0 spiro atoms. The van der Waals surface area contributed by atoms with E-state index in [0.717, 1.165) is 0 Å². The Morgan fingerprint density at radius 1 is 0.625 bits per heavy atom. The van der Waals surface area contributed by atoms with Crippen LogP contribution in [0.3, 0.4) is 0 Å². The number of aliphatic hydroxyl groups is 2. The first-order chi connectivity index (χ1) is 11.4. The van der Waals surface area contributed by atoms with Gasteiger partial charge in [0.1, 0.15) is 0 Å². The second-order valence-corrected chi connectivity index (χ2v) is 5.64. The van der Waals surface area contributed by atoms with Gasteiger partial charge in [-0.05, 0) is 27.7 Å². The van der Waals surface area contributed by atoms with E-state index in [1.165, 1.54) is 0 Å². The van der Waals surface area contributed by atoms with Crippen LogP contribution in [0.1, 0.15) is 41.5 Å². The highest BCUT2D eigenvalue weighted by molar-refractivity contribution is 4.98. The van der Waals surface area contributed by atoms with E-state index >= 15 is 0 Å². The molecule has 0 fully saturated rings. The molecule has 0 aliphatic carbocycles. The Bertz CT molecular complexity index is 281. The summed E-state index contributed by atoms with van der Waals surface area (Å²) in [5, 5.41) is 20.6. The molecule has 0 heterocycles. The summed E-state index contributed by atoms with van der Waals surface area (Å²) in [5.74, 6) is -0.503. The highest BCUT2D eigenvalue weighted by Crippen LogP contribution is 2.18. The van der Waals surface area contributed by atoms with E-state index in [9.17, 15) is 10.2 Å². The van der Waals surface area contributed by atoms with Crippen LogP contribution in [0.5, 0.6) is 0 Å². The van der Waals surface area contributed by atoms with E-state index in [2.05, 4.69) is 0 Å². The monoisotopic (exact) mass is 348 g/mol. The highest BCUT2D eigenvalue weighted by atomic mass is 16.7. The fourth-order valence-electron chi connectivity index (χ4n) is 2.26. The molecule has 0 aromatic rings. The van der Waals surface area contributed by atoms with Crippen molar-refractivity contribution in [1.82, 2.24) is 0 Å². The Labute approximate surface area is 146 Å². The zero-order chi connectivity index (χ0) is 18.5. The van der Waals surface area contributed by atoms with Crippen molar-refractivity contribution in [3.05, 3.63) is 12.2 Å². The van der Waals surface area contributed by atoms with Gasteiger partial charge in [-0.1, -0.05) is 26.0 Å². The SMILES string of the molecule is CCOC(OCC)C(C)C(O)/C=C\C(O)C(C)C(OCC)OCC. The van der Waals surface area contributed by atoms with Crippen molar-refractivity contribution in [3.8, 4) is 0 Å². The first kappa shape index (κ1) is 23.5. The van der Waals surface area contributed by atoms with Crippen molar-refractivity contribution < 1.29 is 29.2 Å². The van der Waals surface area contributed by atoms with Gasteiger partial charge in [-0.15, -0.1) is 0 Å². The molecule has 6 nitrogen and oxygen atoms in total. The lowest BCUT2D eigenvalue weighted by molar-refractivity contribution is -0.179. The Morgan fingerprint density at radius 2 is 0.875 bits per heavy atom. The van der Waals surface area contributed by atoms with Crippen LogP contribution in [0, 0.1) is 11.8 Å². The summed E-state index contributed by atoms with van der Waals surface area (Å²) in [6, 6.07) is 0. The van der Waals surface area contributed by atoms with Crippen molar-refractivity contribution in [2.45, 2.75) is 66.3 Å². The molecular weight excluding hydrogens is 312 g/mol. The lowest BCUT2D eigenvalue weighted by atomic mass is 9.99. The van der Waals surface area contributed by atoms with Crippen LogP contribution in [0.4, 0.5) is 0 Å². The summed E-state index contributed by atoms with van der Waals surface area (Å²) in [4.78, 5) is 0. The Morgan fingerprint density at radius 3 is 1.08 bits per heavy atom. The van der Waals surface area contributed by atoms with Crippen molar-refractivity contribution >= 4 is 0 Å². The van der Waals surface area contributed by atoms with Gasteiger partial charge >= 0.3 is 0 Å². The van der Waals surface area contributed by atoms with Gasteiger partial charge in [0.15, 0.2) is 12.6 Å². The van der Waals surface area contributed by atoms with E-state index in [0.29, 0.717) is 26.4 Å². The Balaban J connectivity index is 4.71. The van der Waals surface area contributed by atoms with Gasteiger partial charge in [0.2, 0.25) is 0 Å². The van der Waals surface area contributed by atoms with Crippen molar-refractivity contribution in [2.24, 2.45) is 11.8 Å². The van der Waals surface area contributed by atoms with Gasteiger partial charge in [0.25, 0.3) is 0 Å². The van der Waals surface area contributed by atoms with Crippen LogP contribution < -0.4 is 0 Å². The molecule has 0 amide bonds. The van der Waals surface area contributed by atoms with Gasteiger partial charge in [-0.25, -0.2) is 0 Å². The average Bonchev–Trinajstić information content (AvgIpc) is 2.57. The summed E-state index contributed by atoms with van der Waals surface area (Å²) in [7, 11) is 0. The third-order valence-corrected chi connectivity index (χ3v) is 3.77. The zero-order valence-corrected chi connectivity index (χ0v) is 16.0. The largest absolute Gasteiger partial charge is 0.389 e. The van der Waals surface area contributed by atoms with Gasteiger partial charge in [0.05, 0.1) is 12.2 Å². The van der Waals surface area contributed by atoms with Gasteiger partial charge in [0, 0.05) is 38.3 Å². The van der Waals surface area contributed by atoms with Crippen molar-refractivity contribution in [2.75, 3.05) is 26.4 Å². The molecule has 4 atom stereocenters. The maximum absolute atomic E-state index is 10.3. The second-order valence-electron chi connectivity index (χ2n) is 5.64. The van der Waals surface area contributed by atoms with E-state index in [1.807, 2.05) is 41.5 Å². The number of ether oxygens (including phenoxy) is 4. The van der Waals surface area contributed by atoms with E-state index < -0.39 is 24.8 Å². The number of aliphatic hydroxyl groups excluding tert-OH is 2. The van der Waals surface area contributed by atoms with E-state index in [1.54, 1.807) is 12.2 Å². The normalized spacial score (nSPS) is 17.6. The summed E-state index contributed by atoms with van der Waals surface area (Å²) in [6.07, 6.45) is 0.625. The smallest absolute Gasteiger partial charge is 0.162 e. The predicted molar refractivity (Wildman–Crippen MR) is 93.6 cm³/mol. The molecule has 0 bridgehead atoms. The Kier molecular flexibility index (Phi) is 13.5. The van der Waals surface area contributed by atoms with Crippen LogP contribution in [0.15, 0.2) is 12.2 Å². The topological polar surface area (TPSA) is 77.4 Å². The third-order valence-electron chi connectivity index (χ3n) is 3.77. The maximum atomic E-state index is 10.3. The fourth-order valence-corrected chi connectivity index (χ4v) is 2.26. The van der Waals surface area contributed by atoms with E-state index in [-0.39, 0.29) is 11.8 Å². The molecule has 6 heteroatoms. The molecule has 0 radical (unpaired) electrons. The average molecular weight is 348 g/mol. The molecule has 0 aliphatic heterocycles. The van der Waals surface area contributed by atoms with Crippen molar-refractivity contribution in [3.63, 3.8) is 0 Å². The minimum Gasteiger partial charge on any atom is -0.389 e. The molecular formula is C18H36O6. The second kappa shape index (κ2) is 13.8. The number of rotatable bonds is 14. The minimum absolute atomic E-state index is 0.252. The summed E-state index contributed by atoms with van der Waals surface area (Å²) < 4.78 is 22.0.